The zero-order chi connectivity index (χ0) is 16.7. The average Bonchev–Trinajstić information content (AvgIpc) is 2.93. The molecular weight excluding hydrogens is 294 g/mol. The van der Waals surface area contributed by atoms with Crippen molar-refractivity contribution < 1.29 is 14.3 Å². The van der Waals surface area contributed by atoms with E-state index in [1.165, 1.54) is 0 Å². The SMILES string of the molecule is CCNCCNC(=O)C1CC(=O)N(Cc2ccc(OC)cc2)C1. The summed E-state index contributed by atoms with van der Waals surface area (Å²) in [4.78, 5) is 25.9. The maximum absolute atomic E-state index is 12.1. The topological polar surface area (TPSA) is 70.7 Å². The second-order valence-corrected chi connectivity index (χ2v) is 5.67. The Morgan fingerprint density at radius 1 is 1.30 bits per heavy atom. The van der Waals surface area contributed by atoms with E-state index >= 15 is 0 Å². The molecule has 2 N–H and O–H groups in total. The number of amides is 2. The first-order chi connectivity index (χ1) is 11.1. The van der Waals surface area contributed by atoms with E-state index < -0.39 is 0 Å². The molecule has 1 aliphatic rings. The van der Waals surface area contributed by atoms with Crippen LogP contribution in [0.1, 0.15) is 18.9 Å². The number of hydrogen-bond acceptors (Lipinski definition) is 4. The highest BCUT2D eigenvalue weighted by molar-refractivity contribution is 5.89. The highest BCUT2D eigenvalue weighted by Gasteiger charge is 2.33. The zero-order valence-corrected chi connectivity index (χ0v) is 13.8. The smallest absolute Gasteiger partial charge is 0.225 e. The van der Waals surface area contributed by atoms with E-state index in [1.807, 2.05) is 31.2 Å². The monoisotopic (exact) mass is 319 g/mol. The molecule has 1 heterocycles. The van der Waals surface area contributed by atoms with Crippen LogP contribution in [-0.4, -0.2) is 50.0 Å². The third-order valence-electron chi connectivity index (χ3n) is 3.97. The number of likely N-dealkylation sites (tertiary alicyclic amines) is 1. The fourth-order valence-electron chi connectivity index (χ4n) is 2.65. The van der Waals surface area contributed by atoms with Crippen LogP contribution in [0.15, 0.2) is 24.3 Å². The van der Waals surface area contributed by atoms with Gasteiger partial charge in [-0.15, -0.1) is 0 Å². The lowest BCUT2D eigenvalue weighted by atomic mass is 10.1. The summed E-state index contributed by atoms with van der Waals surface area (Å²) in [5, 5.41) is 6.03. The molecule has 126 valence electrons. The number of carbonyl (C=O) groups is 2. The number of rotatable bonds is 8. The van der Waals surface area contributed by atoms with Gasteiger partial charge in [0.25, 0.3) is 0 Å². The second-order valence-electron chi connectivity index (χ2n) is 5.67. The third-order valence-corrected chi connectivity index (χ3v) is 3.97. The molecule has 6 nitrogen and oxygen atoms in total. The summed E-state index contributed by atoms with van der Waals surface area (Å²) in [6.07, 6.45) is 0.295. The molecule has 0 aromatic heterocycles. The fraction of sp³-hybridized carbons (Fsp3) is 0.529. The maximum atomic E-state index is 12.1. The van der Waals surface area contributed by atoms with Gasteiger partial charge < -0.3 is 20.3 Å². The molecule has 6 heteroatoms. The summed E-state index contributed by atoms with van der Waals surface area (Å²) in [7, 11) is 1.62. The van der Waals surface area contributed by atoms with Crippen molar-refractivity contribution in [2.45, 2.75) is 19.9 Å². The summed E-state index contributed by atoms with van der Waals surface area (Å²) >= 11 is 0. The van der Waals surface area contributed by atoms with Gasteiger partial charge in [0, 0.05) is 32.6 Å². The van der Waals surface area contributed by atoms with Crippen molar-refractivity contribution in [3.05, 3.63) is 29.8 Å². The molecule has 2 amide bonds. The molecule has 1 atom stereocenters. The number of hydrogen-bond donors (Lipinski definition) is 2. The van der Waals surface area contributed by atoms with Crippen molar-refractivity contribution in [1.82, 2.24) is 15.5 Å². The molecule has 2 rings (SSSR count). The lowest BCUT2D eigenvalue weighted by Crippen LogP contribution is -2.36. The standard InChI is InChI=1S/C17H25N3O3/c1-3-18-8-9-19-17(22)14-10-16(21)20(12-14)11-13-4-6-15(23-2)7-5-13/h4-7,14,18H,3,8-12H2,1-2H3,(H,19,22). The first-order valence-corrected chi connectivity index (χ1v) is 8.03. The first-order valence-electron chi connectivity index (χ1n) is 8.03. The number of nitrogens with zero attached hydrogens (tertiary/aromatic N) is 1. The molecule has 0 bridgehead atoms. The van der Waals surface area contributed by atoms with Crippen LogP contribution in [0.4, 0.5) is 0 Å². The van der Waals surface area contributed by atoms with Gasteiger partial charge in [-0.05, 0) is 24.2 Å². The molecule has 1 aromatic rings. The highest BCUT2D eigenvalue weighted by Crippen LogP contribution is 2.21. The van der Waals surface area contributed by atoms with Gasteiger partial charge in [0.05, 0.1) is 13.0 Å². The van der Waals surface area contributed by atoms with Crippen molar-refractivity contribution in [2.75, 3.05) is 33.3 Å². The number of carbonyl (C=O) groups excluding carboxylic acids is 2. The largest absolute Gasteiger partial charge is 0.497 e. The van der Waals surface area contributed by atoms with E-state index in [0.717, 1.165) is 24.4 Å². The van der Waals surface area contributed by atoms with Crippen molar-refractivity contribution in [3.8, 4) is 5.75 Å². The van der Waals surface area contributed by atoms with Crippen LogP contribution in [-0.2, 0) is 16.1 Å². The predicted molar refractivity (Wildman–Crippen MR) is 88.1 cm³/mol. The van der Waals surface area contributed by atoms with Crippen LogP contribution in [0.3, 0.4) is 0 Å². The van der Waals surface area contributed by atoms with Crippen LogP contribution in [0.25, 0.3) is 0 Å². The molecule has 1 saturated heterocycles. The summed E-state index contributed by atoms with van der Waals surface area (Å²) in [5.41, 5.74) is 1.03. The van der Waals surface area contributed by atoms with Crippen molar-refractivity contribution in [2.24, 2.45) is 5.92 Å². The Labute approximate surface area is 137 Å². The van der Waals surface area contributed by atoms with Crippen LogP contribution >= 0.6 is 0 Å². The Balaban J connectivity index is 1.82. The number of ether oxygens (including phenoxy) is 1. The Bertz CT molecular complexity index is 530. The number of methoxy groups -OCH3 is 1. The van der Waals surface area contributed by atoms with E-state index in [1.54, 1.807) is 12.0 Å². The van der Waals surface area contributed by atoms with E-state index in [4.69, 9.17) is 4.74 Å². The van der Waals surface area contributed by atoms with Crippen LogP contribution in [0.2, 0.25) is 0 Å². The van der Waals surface area contributed by atoms with Gasteiger partial charge in [-0.3, -0.25) is 9.59 Å². The normalized spacial score (nSPS) is 17.4. The van der Waals surface area contributed by atoms with Gasteiger partial charge in [0.2, 0.25) is 11.8 Å². The molecule has 23 heavy (non-hydrogen) atoms. The van der Waals surface area contributed by atoms with Crippen molar-refractivity contribution in [1.29, 1.82) is 0 Å². The highest BCUT2D eigenvalue weighted by atomic mass is 16.5. The van der Waals surface area contributed by atoms with E-state index in [0.29, 0.717) is 26.1 Å². The minimum Gasteiger partial charge on any atom is -0.497 e. The van der Waals surface area contributed by atoms with Crippen LogP contribution < -0.4 is 15.4 Å². The molecule has 0 aliphatic carbocycles. The van der Waals surface area contributed by atoms with Gasteiger partial charge in [-0.1, -0.05) is 19.1 Å². The minimum atomic E-state index is -0.248. The van der Waals surface area contributed by atoms with Crippen molar-refractivity contribution >= 4 is 11.8 Å². The summed E-state index contributed by atoms with van der Waals surface area (Å²) in [6.45, 7) is 5.26. The molecule has 1 aliphatic heterocycles. The van der Waals surface area contributed by atoms with Gasteiger partial charge in [0.15, 0.2) is 0 Å². The Morgan fingerprint density at radius 2 is 2.04 bits per heavy atom. The molecule has 1 unspecified atom stereocenters. The number of nitrogens with one attached hydrogen (secondary N) is 2. The van der Waals surface area contributed by atoms with E-state index in [2.05, 4.69) is 10.6 Å². The van der Waals surface area contributed by atoms with Crippen LogP contribution in [0.5, 0.6) is 5.75 Å². The zero-order valence-electron chi connectivity index (χ0n) is 13.8. The first kappa shape index (κ1) is 17.3. The average molecular weight is 319 g/mol. The summed E-state index contributed by atoms with van der Waals surface area (Å²) in [6, 6.07) is 7.63. The van der Waals surface area contributed by atoms with E-state index in [-0.39, 0.29) is 17.7 Å². The summed E-state index contributed by atoms with van der Waals surface area (Å²) in [5.74, 6) is 0.544. The molecule has 0 saturated carbocycles. The molecule has 0 radical (unpaired) electrons. The molecular formula is C17H25N3O3. The molecule has 1 aromatic carbocycles. The third kappa shape index (κ3) is 4.96. The van der Waals surface area contributed by atoms with Gasteiger partial charge in [-0.2, -0.15) is 0 Å². The van der Waals surface area contributed by atoms with Crippen LogP contribution in [0, 0.1) is 5.92 Å². The predicted octanol–water partition coefficient (Wildman–Crippen LogP) is 0.769. The fourth-order valence-corrected chi connectivity index (χ4v) is 2.65. The maximum Gasteiger partial charge on any atom is 0.225 e. The van der Waals surface area contributed by atoms with Gasteiger partial charge in [-0.25, -0.2) is 0 Å². The van der Waals surface area contributed by atoms with Gasteiger partial charge in [0.1, 0.15) is 5.75 Å². The lowest BCUT2D eigenvalue weighted by Gasteiger charge is -2.17. The minimum absolute atomic E-state index is 0.0338. The Hall–Kier alpha value is -2.08. The Morgan fingerprint density at radius 3 is 2.70 bits per heavy atom. The van der Waals surface area contributed by atoms with Gasteiger partial charge >= 0.3 is 0 Å². The number of likely N-dealkylation sites (N-methyl/N-ethyl adjacent to an activating group) is 1. The quantitative estimate of drug-likeness (QED) is 0.694. The second kappa shape index (κ2) is 8.53. The summed E-state index contributed by atoms with van der Waals surface area (Å²) < 4.78 is 5.13. The van der Waals surface area contributed by atoms with Crippen molar-refractivity contribution in [3.63, 3.8) is 0 Å². The lowest BCUT2D eigenvalue weighted by molar-refractivity contribution is -0.129. The Kier molecular flexibility index (Phi) is 6.40. The number of benzene rings is 1. The molecule has 1 fully saturated rings. The molecule has 0 spiro atoms. The van der Waals surface area contributed by atoms with E-state index in [9.17, 15) is 9.59 Å².